The van der Waals surface area contributed by atoms with Crippen molar-refractivity contribution in [2.75, 3.05) is 5.73 Å². The molecular formula is C12H9N3O2S. The Morgan fingerprint density at radius 2 is 2.11 bits per heavy atom. The van der Waals surface area contributed by atoms with Crippen LogP contribution in [0.1, 0.15) is 10.4 Å². The van der Waals surface area contributed by atoms with E-state index in [2.05, 4.69) is 0 Å². The number of nitriles is 1. The Kier molecular flexibility index (Phi) is 3.00. The maximum atomic E-state index is 11.0. The average Bonchev–Trinajstić information content (AvgIpc) is 2.66. The number of benzene rings is 1. The Morgan fingerprint density at radius 1 is 1.44 bits per heavy atom. The van der Waals surface area contributed by atoms with Gasteiger partial charge in [0, 0.05) is 10.9 Å². The van der Waals surface area contributed by atoms with Gasteiger partial charge in [-0.2, -0.15) is 5.26 Å². The minimum absolute atomic E-state index is 0.0198. The molecule has 2 N–H and O–H groups in total. The van der Waals surface area contributed by atoms with E-state index < -0.39 is 4.92 Å². The minimum atomic E-state index is -0.434. The van der Waals surface area contributed by atoms with E-state index in [0.29, 0.717) is 26.6 Å². The Bertz CT molecular complexity index is 670. The third-order valence-electron chi connectivity index (χ3n) is 2.64. The molecule has 0 radical (unpaired) electrons. The first kappa shape index (κ1) is 12.1. The van der Waals surface area contributed by atoms with Gasteiger partial charge in [0.05, 0.1) is 16.2 Å². The van der Waals surface area contributed by atoms with E-state index in [-0.39, 0.29) is 5.69 Å². The molecule has 6 heteroatoms. The summed E-state index contributed by atoms with van der Waals surface area (Å²) in [5.41, 5.74) is 7.43. The molecule has 1 aromatic carbocycles. The van der Waals surface area contributed by atoms with Gasteiger partial charge in [0.15, 0.2) is 0 Å². The van der Waals surface area contributed by atoms with Crippen molar-refractivity contribution in [2.45, 2.75) is 6.92 Å². The molecule has 0 aliphatic rings. The lowest BCUT2D eigenvalue weighted by molar-refractivity contribution is -0.384. The summed E-state index contributed by atoms with van der Waals surface area (Å²) < 4.78 is 0. The number of nitrogen functional groups attached to an aromatic ring is 1. The van der Waals surface area contributed by atoms with Crippen LogP contribution in [0.15, 0.2) is 24.3 Å². The molecule has 0 unspecified atom stereocenters. The van der Waals surface area contributed by atoms with Crippen molar-refractivity contribution in [3.05, 3.63) is 44.8 Å². The average molecular weight is 259 g/mol. The number of nitro groups is 1. The van der Waals surface area contributed by atoms with Gasteiger partial charge in [-0.25, -0.2) is 0 Å². The van der Waals surface area contributed by atoms with Gasteiger partial charge in [-0.15, -0.1) is 11.3 Å². The van der Waals surface area contributed by atoms with Crippen molar-refractivity contribution >= 4 is 22.7 Å². The van der Waals surface area contributed by atoms with Gasteiger partial charge in [-0.1, -0.05) is 12.1 Å². The fourth-order valence-electron chi connectivity index (χ4n) is 1.69. The summed E-state index contributed by atoms with van der Waals surface area (Å²) in [6, 6.07) is 8.44. The minimum Gasteiger partial charge on any atom is -0.397 e. The van der Waals surface area contributed by atoms with E-state index in [1.807, 2.05) is 6.07 Å². The number of rotatable bonds is 2. The third kappa shape index (κ3) is 1.81. The van der Waals surface area contributed by atoms with Crippen LogP contribution < -0.4 is 5.73 Å². The summed E-state index contributed by atoms with van der Waals surface area (Å²) in [5, 5.41) is 19.9. The fraction of sp³-hybridized carbons (Fsp3) is 0.0833. The molecule has 0 bridgehead atoms. The summed E-state index contributed by atoms with van der Waals surface area (Å²) in [6.07, 6.45) is 0. The molecule has 0 atom stereocenters. The van der Waals surface area contributed by atoms with Crippen molar-refractivity contribution < 1.29 is 4.92 Å². The molecular weight excluding hydrogens is 250 g/mol. The van der Waals surface area contributed by atoms with Crippen LogP contribution in [0, 0.1) is 28.4 Å². The molecule has 0 fully saturated rings. The number of para-hydroxylation sites is 1. The van der Waals surface area contributed by atoms with Crippen molar-refractivity contribution in [1.82, 2.24) is 0 Å². The molecule has 5 nitrogen and oxygen atoms in total. The van der Waals surface area contributed by atoms with E-state index in [1.165, 1.54) is 17.4 Å². The van der Waals surface area contributed by atoms with Gasteiger partial charge in [0.2, 0.25) is 0 Å². The zero-order chi connectivity index (χ0) is 13.3. The highest BCUT2D eigenvalue weighted by molar-refractivity contribution is 7.16. The molecule has 1 heterocycles. The largest absolute Gasteiger partial charge is 0.397 e. The van der Waals surface area contributed by atoms with Crippen LogP contribution in [0.25, 0.3) is 10.4 Å². The number of thiophene rings is 1. The molecule has 0 amide bonds. The summed E-state index contributed by atoms with van der Waals surface area (Å²) in [6.45, 7) is 1.76. The first-order valence-corrected chi connectivity index (χ1v) is 5.90. The van der Waals surface area contributed by atoms with Crippen LogP contribution >= 0.6 is 11.3 Å². The summed E-state index contributed by atoms with van der Waals surface area (Å²) >= 11 is 1.18. The van der Waals surface area contributed by atoms with Crippen LogP contribution in [0.2, 0.25) is 0 Å². The van der Waals surface area contributed by atoms with E-state index in [4.69, 9.17) is 11.0 Å². The standard InChI is InChI=1S/C12H9N3O2S/c1-7-11(14)10(6-13)18-12(7)8-4-2-3-5-9(8)15(16)17/h2-5H,14H2,1H3. The molecule has 2 rings (SSSR count). The van der Waals surface area contributed by atoms with E-state index in [0.717, 1.165) is 0 Å². The highest BCUT2D eigenvalue weighted by Crippen LogP contribution is 2.41. The molecule has 2 aromatic rings. The number of nitro benzene ring substituents is 1. The first-order chi connectivity index (χ1) is 8.56. The zero-order valence-electron chi connectivity index (χ0n) is 9.51. The third-order valence-corrected chi connectivity index (χ3v) is 3.89. The monoisotopic (exact) mass is 259 g/mol. The second kappa shape index (κ2) is 4.47. The van der Waals surface area contributed by atoms with Gasteiger partial charge in [0.25, 0.3) is 5.69 Å². The van der Waals surface area contributed by atoms with E-state index >= 15 is 0 Å². The topological polar surface area (TPSA) is 93.0 Å². The van der Waals surface area contributed by atoms with Crippen LogP contribution in [0.4, 0.5) is 11.4 Å². The van der Waals surface area contributed by atoms with Gasteiger partial charge in [-0.3, -0.25) is 10.1 Å². The lowest BCUT2D eigenvalue weighted by Gasteiger charge is -2.01. The van der Waals surface area contributed by atoms with Crippen molar-refractivity contribution in [3.8, 4) is 16.5 Å². The van der Waals surface area contributed by atoms with E-state index in [1.54, 1.807) is 25.1 Å². The van der Waals surface area contributed by atoms with Crippen LogP contribution in [0.3, 0.4) is 0 Å². The first-order valence-electron chi connectivity index (χ1n) is 5.09. The molecule has 0 saturated heterocycles. The van der Waals surface area contributed by atoms with Crippen LogP contribution in [-0.2, 0) is 0 Å². The Labute approximate surface area is 107 Å². The predicted molar refractivity (Wildman–Crippen MR) is 70.3 cm³/mol. The van der Waals surface area contributed by atoms with Crippen molar-refractivity contribution in [2.24, 2.45) is 0 Å². The van der Waals surface area contributed by atoms with Crippen LogP contribution in [0.5, 0.6) is 0 Å². The maximum absolute atomic E-state index is 11.0. The number of anilines is 1. The molecule has 90 valence electrons. The molecule has 0 spiro atoms. The number of hydrogen-bond donors (Lipinski definition) is 1. The SMILES string of the molecule is Cc1c(-c2ccccc2[N+](=O)[O-])sc(C#N)c1N. The molecule has 1 aromatic heterocycles. The van der Waals surface area contributed by atoms with Gasteiger partial charge in [-0.05, 0) is 18.6 Å². The maximum Gasteiger partial charge on any atom is 0.278 e. The highest BCUT2D eigenvalue weighted by Gasteiger charge is 2.20. The second-order valence-corrected chi connectivity index (χ2v) is 4.71. The molecule has 0 aliphatic heterocycles. The predicted octanol–water partition coefficient (Wildman–Crippen LogP) is 3.09. The Balaban J connectivity index is 2.71. The van der Waals surface area contributed by atoms with Crippen LogP contribution in [-0.4, -0.2) is 4.92 Å². The van der Waals surface area contributed by atoms with Gasteiger partial charge < -0.3 is 5.73 Å². The van der Waals surface area contributed by atoms with Crippen molar-refractivity contribution in [1.29, 1.82) is 5.26 Å². The quantitative estimate of drug-likeness (QED) is 0.662. The number of nitrogens with two attached hydrogens (primary N) is 1. The second-order valence-electron chi connectivity index (χ2n) is 3.69. The van der Waals surface area contributed by atoms with Gasteiger partial charge in [0.1, 0.15) is 10.9 Å². The highest BCUT2D eigenvalue weighted by atomic mass is 32.1. The summed E-state index contributed by atoms with van der Waals surface area (Å²) in [4.78, 5) is 11.6. The fourth-order valence-corrected chi connectivity index (χ4v) is 2.75. The smallest absolute Gasteiger partial charge is 0.278 e. The lowest BCUT2D eigenvalue weighted by Crippen LogP contribution is -1.92. The Hall–Kier alpha value is -2.39. The molecule has 0 saturated carbocycles. The zero-order valence-corrected chi connectivity index (χ0v) is 10.3. The van der Waals surface area contributed by atoms with Crippen molar-refractivity contribution in [3.63, 3.8) is 0 Å². The number of hydrogen-bond acceptors (Lipinski definition) is 5. The lowest BCUT2D eigenvalue weighted by atomic mass is 10.1. The van der Waals surface area contributed by atoms with E-state index in [9.17, 15) is 10.1 Å². The summed E-state index contributed by atoms with van der Waals surface area (Å²) in [5.74, 6) is 0. The normalized spacial score (nSPS) is 10.0. The van der Waals surface area contributed by atoms with Gasteiger partial charge >= 0.3 is 0 Å². The molecule has 18 heavy (non-hydrogen) atoms. The molecule has 0 aliphatic carbocycles. The summed E-state index contributed by atoms with van der Waals surface area (Å²) in [7, 11) is 0. The Morgan fingerprint density at radius 3 is 2.67 bits per heavy atom. The number of nitrogens with zero attached hydrogens (tertiary/aromatic N) is 2.